The van der Waals surface area contributed by atoms with E-state index in [0.717, 1.165) is 11.8 Å². The van der Waals surface area contributed by atoms with Gasteiger partial charge in [-0.15, -0.1) is 0 Å². The summed E-state index contributed by atoms with van der Waals surface area (Å²) in [6.45, 7) is 7.04. The second-order valence-corrected chi connectivity index (χ2v) is 7.68. The van der Waals surface area contributed by atoms with Crippen LogP contribution in [0.3, 0.4) is 0 Å². The highest BCUT2D eigenvalue weighted by Crippen LogP contribution is 2.38. The van der Waals surface area contributed by atoms with Gasteiger partial charge in [0.1, 0.15) is 12.4 Å². The molecule has 0 radical (unpaired) electrons. The third-order valence-electron chi connectivity index (χ3n) is 5.10. The summed E-state index contributed by atoms with van der Waals surface area (Å²) in [5, 5.41) is 0. The fraction of sp³-hybridized carbons (Fsp3) is 0.474. The summed E-state index contributed by atoms with van der Waals surface area (Å²) >= 11 is 0. The van der Waals surface area contributed by atoms with E-state index >= 15 is 0 Å². The largest absolute Gasteiger partial charge is 0.498 e. The van der Waals surface area contributed by atoms with Crippen molar-refractivity contribution in [1.82, 2.24) is 9.97 Å². The lowest BCUT2D eigenvalue weighted by molar-refractivity contribution is -0.140. The zero-order valence-corrected chi connectivity index (χ0v) is 16.8. The molecule has 1 aliphatic rings. The van der Waals surface area contributed by atoms with Crippen LogP contribution in [0, 0.1) is 0 Å². The Balaban J connectivity index is 1.83. The standard InChI is InChI=1S/C19H22BF3N2O4/c1-17(2)18(3,4)29-20(28-17)14-10-24-16(25-15(14)19(21,22)23)27-11-12-6-8-13(26-5)9-7-12/h6-10H,11H2,1-5H3. The number of hydrogen-bond donors (Lipinski definition) is 0. The van der Waals surface area contributed by atoms with Crippen LogP contribution in [0.25, 0.3) is 0 Å². The molecule has 0 atom stereocenters. The molecular weight excluding hydrogens is 388 g/mol. The molecule has 0 amide bonds. The summed E-state index contributed by atoms with van der Waals surface area (Å²) in [7, 11) is 0.312. The van der Waals surface area contributed by atoms with E-state index in [2.05, 4.69) is 9.97 Å². The minimum atomic E-state index is -4.72. The predicted octanol–water partition coefficient (Wildman–Crippen LogP) is 3.38. The number of ether oxygens (including phenoxy) is 2. The number of aromatic nitrogens is 2. The number of benzene rings is 1. The zero-order chi connectivity index (χ0) is 21.4. The monoisotopic (exact) mass is 410 g/mol. The summed E-state index contributed by atoms with van der Waals surface area (Å²) in [4.78, 5) is 7.51. The molecule has 2 aromatic rings. The first-order chi connectivity index (χ1) is 13.4. The van der Waals surface area contributed by atoms with Gasteiger partial charge in [-0.05, 0) is 45.4 Å². The van der Waals surface area contributed by atoms with E-state index in [-0.39, 0.29) is 18.1 Å². The van der Waals surface area contributed by atoms with Crippen molar-refractivity contribution in [3.05, 3.63) is 41.7 Å². The Bertz CT molecular complexity index is 857. The topological polar surface area (TPSA) is 62.7 Å². The molecule has 1 aromatic heterocycles. The van der Waals surface area contributed by atoms with Gasteiger partial charge in [0.2, 0.25) is 0 Å². The Morgan fingerprint density at radius 1 is 1.03 bits per heavy atom. The SMILES string of the molecule is COc1ccc(COc2ncc(B3OC(C)(C)C(C)(C)O3)c(C(F)(F)F)n2)cc1. The summed E-state index contributed by atoms with van der Waals surface area (Å²) < 4.78 is 62.8. The van der Waals surface area contributed by atoms with Crippen LogP contribution >= 0.6 is 0 Å². The molecule has 0 aliphatic carbocycles. The lowest BCUT2D eigenvalue weighted by Gasteiger charge is -2.32. The zero-order valence-electron chi connectivity index (χ0n) is 16.8. The maximum absolute atomic E-state index is 13.6. The second kappa shape index (κ2) is 7.49. The van der Waals surface area contributed by atoms with Crippen LogP contribution in [0.15, 0.2) is 30.5 Å². The molecule has 1 saturated heterocycles. The molecule has 6 nitrogen and oxygen atoms in total. The molecule has 0 saturated carbocycles. The Hall–Kier alpha value is -2.33. The molecule has 10 heteroatoms. The Morgan fingerprint density at radius 3 is 2.14 bits per heavy atom. The second-order valence-electron chi connectivity index (χ2n) is 7.68. The third-order valence-corrected chi connectivity index (χ3v) is 5.10. The normalized spacial score (nSPS) is 18.0. The maximum Gasteiger partial charge on any atom is 0.498 e. The van der Waals surface area contributed by atoms with E-state index in [4.69, 9.17) is 18.8 Å². The van der Waals surface area contributed by atoms with Crippen LogP contribution in [-0.4, -0.2) is 35.4 Å². The van der Waals surface area contributed by atoms with Gasteiger partial charge in [-0.25, -0.2) is 4.98 Å². The molecule has 1 aromatic carbocycles. The van der Waals surface area contributed by atoms with Crippen molar-refractivity contribution in [3.8, 4) is 11.8 Å². The number of hydrogen-bond acceptors (Lipinski definition) is 6. The van der Waals surface area contributed by atoms with E-state index in [9.17, 15) is 13.2 Å². The van der Waals surface area contributed by atoms with Gasteiger partial charge < -0.3 is 18.8 Å². The van der Waals surface area contributed by atoms with Crippen molar-refractivity contribution in [2.75, 3.05) is 7.11 Å². The fourth-order valence-corrected chi connectivity index (χ4v) is 2.68. The average molecular weight is 410 g/mol. The summed E-state index contributed by atoms with van der Waals surface area (Å²) in [6, 6.07) is 6.54. The number of methoxy groups -OCH3 is 1. The minimum Gasteiger partial charge on any atom is -0.497 e. The van der Waals surface area contributed by atoms with Gasteiger partial charge in [-0.1, -0.05) is 12.1 Å². The highest BCUT2D eigenvalue weighted by molar-refractivity contribution is 6.62. The lowest BCUT2D eigenvalue weighted by Crippen LogP contribution is -2.41. The molecule has 3 rings (SSSR count). The molecule has 156 valence electrons. The highest BCUT2D eigenvalue weighted by atomic mass is 19.4. The first-order valence-corrected chi connectivity index (χ1v) is 8.98. The van der Waals surface area contributed by atoms with Crippen LogP contribution in [0.1, 0.15) is 39.0 Å². The van der Waals surface area contributed by atoms with E-state index < -0.39 is 30.2 Å². The van der Waals surface area contributed by atoms with Crippen molar-refractivity contribution in [1.29, 1.82) is 0 Å². The van der Waals surface area contributed by atoms with Crippen LogP contribution in [0.4, 0.5) is 13.2 Å². The Labute approximate surface area is 167 Å². The number of halogens is 3. The summed E-state index contributed by atoms with van der Waals surface area (Å²) in [5.74, 6) is 0.663. The third kappa shape index (κ3) is 4.48. The smallest absolute Gasteiger partial charge is 0.497 e. The molecule has 0 bridgehead atoms. The highest BCUT2D eigenvalue weighted by Gasteiger charge is 2.54. The molecule has 0 N–H and O–H groups in total. The van der Waals surface area contributed by atoms with Crippen molar-refractivity contribution in [2.45, 2.75) is 51.7 Å². The van der Waals surface area contributed by atoms with Gasteiger partial charge in [0.15, 0.2) is 5.69 Å². The van der Waals surface area contributed by atoms with E-state index in [1.165, 1.54) is 0 Å². The van der Waals surface area contributed by atoms with Crippen molar-refractivity contribution >= 4 is 12.6 Å². The lowest BCUT2D eigenvalue weighted by atomic mass is 9.78. The van der Waals surface area contributed by atoms with Crippen molar-refractivity contribution < 1.29 is 32.0 Å². The molecule has 1 fully saturated rings. The van der Waals surface area contributed by atoms with Gasteiger partial charge in [-0.3, -0.25) is 0 Å². The van der Waals surface area contributed by atoms with Crippen LogP contribution in [0.2, 0.25) is 0 Å². The first-order valence-electron chi connectivity index (χ1n) is 8.98. The predicted molar refractivity (Wildman–Crippen MR) is 100 cm³/mol. The van der Waals surface area contributed by atoms with Gasteiger partial charge >= 0.3 is 19.3 Å². The average Bonchev–Trinajstić information content (AvgIpc) is 2.87. The van der Waals surface area contributed by atoms with Crippen molar-refractivity contribution in [3.63, 3.8) is 0 Å². The number of nitrogens with zero attached hydrogens (tertiary/aromatic N) is 2. The Kier molecular flexibility index (Phi) is 5.53. The van der Waals surface area contributed by atoms with E-state index in [0.29, 0.717) is 5.75 Å². The Morgan fingerprint density at radius 2 is 1.62 bits per heavy atom. The minimum absolute atomic E-state index is 0.0110. The molecule has 1 aliphatic heterocycles. The number of rotatable bonds is 5. The molecule has 2 heterocycles. The molecule has 0 spiro atoms. The quantitative estimate of drug-likeness (QED) is 0.705. The van der Waals surface area contributed by atoms with Gasteiger partial charge in [0.05, 0.1) is 18.3 Å². The first kappa shape index (κ1) is 21.4. The van der Waals surface area contributed by atoms with E-state index in [1.54, 1.807) is 59.1 Å². The molecule has 0 unspecified atom stereocenters. The van der Waals surface area contributed by atoms with Gasteiger partial charge in [-0.2, -0.15) is 18.2 Å². The van der Waals surface area contributed by atoms with Crippen LogP contribution in [0.5, 0.6) is 11.8 Å². The van der Waals surface area contributed by atoms with Crippen LogP contribution in [-0.2, 0) is 22.1 Å². The molecular formula is C19H22BF3N2O4. The van der Waals surface area contributed by atoms with Crippen molar-refractivity contribution in [2.24, 2.45) is 0 Å². The summed E-state index contributed by atoms with van der Waals surface area (Å²) in [5.41, 5.74) is -2.27. The number of alkyl halides is 3. The van der Waals surface area contributed by atoms with Gasteiger partial charge in [0, 0.05) is 11.7 Å². The maximum atomic E-state index is 13.6. The summed E-state index contributed by atoms with van der Waals surface area (Å²) in [6.07, 6.45) is -3.68. The fourth-order valence-electron chi connectivity index (χ4n) is 2.68. The molecule has 29 heavy (non-hydrogen) atoms. The van der Waals surface area contributed by atoms with E-state index in [1.807, 2.05) is 0 Å². The van der Waals surface area contributed by atoms with Crippen LogP contribution < -0.4 is 14.9 Å². The van der Waals surface area contributed by atoms with Gasteiger partial charge in [0.25, 0.3) is 0 Å².